The average molecular weight is 244 g/mol. The van der Waals surface area contributed by atoms with Crippen LogP contribution in [-0.4, -0.2) is 32.6 Å². The van der Waals surface area contributed by atoms with Gasteiger partial charge in [-0.05, 0) is 25.7 Å². The van der Waals surface area contributed by atoms with Gasteiger partial charge in [-0.15, -0.1) is 0 Å². The molecule has 100 valence electrons. The van der Waals surface area contributed by atoms with E-state index in [0.717, 1.165) is 0 Å². The summed E-state index contributed by atoms with van der Waals surface area (Å²) in [6, 6.07) is 0. The first-order valence-corrected chi connectivity index (χ1v) is 6.52. The molecular formula is C13H24O4. The molecule has 0 amide bonds. The SMILES string of the molecule is COC(C)OCCC(=O)OCC1CCCCC1. The van der Waals surface area contributed by atoms with Crippen LogP contribution in [0.1, 0.15) is 45.4 Å². The minimum Gasteiger partial charge on any atom is -0.465 e. The van der Waals surface area contributed by atoms with Crippen molar-refractivity contribution < 1.29 is 19.0 Å². The molecule has 1 aliphatic carbocycles. The van der Waals surface area contributed by atoms with E-state index in [1.165, 1.54) is 32.1 Å². The van der Waals surface area contributed by atoms with Crippen LogP contribution in [0.4, 0.5) is 0 Å². The largest absolute Gasteiger partial charge is 0.465 e. The Hall–Kier alpha value is -0.610. The van der Waals surface area contributed by atoms with E-state index in [4.69, 9.17) is 14.2 Å². The fourth-order valence-electron chi connectivity index (χ4n) is 2.01. The van der Waals surface area contributed by atoms with Gasteiger partial charge < -0.3 is 14.2 Å². The Morgan fingerprint density at radius 2 is 2.00 bits per heavy atom. The highest BCUT2D eigenvalue weighted by molar-refractivity contribution is 5.69. The van der Waals surface area contributed by atoms with Crippen LogP contribution in [0.2, 0.25) is 0 Å². The van der Waals surface area contributed by atoms with Gasteiger partial charge in [0.25, 0.3) is 0 Å². The first kappa shape index (κ1) is 14.5. The Morgan fingerprint density at radius 1 is 1.29 bits per heavy atom. The minimum atomic E-state index is -0.263. The standard InChI is InChI=1S/C13H24O4/c1-11(15-2)16-9-8-13(14)17-10-12-6-4-3-5-7-12/h11-12H,3-10H2,1-2H3. The smallest absolute Gasteiger partial charge is 0.308 e. The van der Waals surface area contributed by atoms with Gasteiger partial charge in [-0.25, -0.2) is 0 Å². The molecule has 1 atom stereocenters. The van der Waals surface area contributed by atoms with E-state index in [2.05, 4.69) is 0 Å². The number of ether oxygens (including phenoxy) is 3. The molecule has 0 heterocycles. The molecule has 0 aromatic carbocycles. The third-order valence-corrected chi connectivity index (χ3v) is 3.20. The average Bonchev–Trinajstić information content (AvgIpc) is 2.37. The molecule has 1 saturated carbocycles. The van der Waals surface area contributed by atoms with E-state index in [-0.39, 0.29) is 12.3 Å². The van der Waals surface area contributed by atoms with Crippen molar-refractivity contribution in [1.82, 2.24) is 0 Å². The van der Waals surface area contributed by atoms with Crippen LogP contribution in [0, 0.1) is 5.92 Å². The maximum Gasteiger partial charge on any atom is 0.308 e. The van der Waals surface area contributed by atoms with E-state index in [0.29, 0.717) is 25.6 Å². The Bertz CT molecular complexity index is 211. The summed E-state index contributed by atoms with van der Waals surface area (Å²) in [5, 5.41) is 0. The highest BCUT2D eigenvalue weighted by Crippen LogP contribution is 2.23. The Balaban J connectivity index is 2.00. The molecule has 0 aromatic rings. The van der Waals surface area contributed by atoms with Crippen molar-refractivity contribution in [2.45, 2.75) is 51.7 Å². The molecule has 1 unspecified atom stereocenters. The van der Waals surface area contributed by atoms with Gasteiger partial charge in [0, 0.05) is 7.11 Å². The maximum absolute atomic E-state index is 11.4. The van der Waals surface area contributed by atoms with Gasteiger partial charge in [0.05, 0.1) is 19.6 Å². The Morgan fingerprint density at radius 3 is 2.65 bits per heavy atom. The lowest BCUT2D eigenvalue weighted by molar-refractivity contribution is -0.151. The molecule has 0 radical (unpaired) electrons. The Labute approximate surface area is 104 Å². The third kappa shape index (κ3) is 6.64. The number of rotatable bonds is 7. The van der Waals surface area contributed by atoms with Crippen molar-refractivity contribution in [2.24, 2.45) is 5.92 Å². The minimum absolute atomic E-state index is 0.168. The molecule has 0 bridgehead atoms. The fraction of sp³-hybridized carbons (Fsp3) is 0.923. The van der Waals surface area contributed by atoms with Crippen LogP contribution in [0.3, 0.4) is 0 Å². The highest BCUT2D eigenvalue weighted by atomic mass is 16.7. The fourth-order valence-corrected chi connectivity index (χ4v) is 2.01. The second-order valence-electron chi connectivity index (χ2n) is 4.61. The summed E-state index contributed by atoms with van der Waals surface area (Å²) in [5.74, 6) is 0.408. The summed E-state index contributed by atoms with van der Waals surface area (Å²) < 4.78 is 15.4. The van der Waals surface area contributed by atoms with Crippen molar-refractivity contribution in [3.05, 3.63) is 0 Å². The van der Waals surface area contributed by atoms with E-state index in [1.807, 2.05) is 0 Å². The van der Waals surface area contributed by atoms with Crippen LogP contribution in [0.5, 0.6) is 0 Å². The van der Waals surface area contributed by atoms with Crippen molar-refractivity contribution in [3.63, 3.8) is 0 Å². The highest BCUT2D eigenvalue weighted by Gasteiger charge is 2.15. The van der Waals surface area contributed by atoms with Gasteiger partial charge in [0.1, 0.15) is 0 Å². The van der Waals surface area contributed by atoms with Crippen molar-refractivity contribution >= 4 is 5.97 Å². The van der Waals surface area contributed by atoms with Gasteiger partial charge in [-0.1, -0.05) is 19.3 Å². The van der Waals surface area contributed by atoms with Gasteiger partial charge in [0.2, 0.25) is 0 Å². The zero-order chi connectivity index (χ0) is 12.5. The lowest BCUT2D eigenvalue weighted by Crippen LogP contribution is -2.19. The molecule has 0 aliphatic heterocycles. The predicted octanol–water partition coefficient (Wildman–Crippen LogP) is 2.51. The van der Waals surface area contributed by atoms with Gasteiger partial charge in [-0.2, -0.15) is 0 Å². The summed E-state index contributed by atoms with van der Waals surface area (Å²) in [4.78, 5) is 11.4. The number of carbonyl (C=O) groups is 1. The van der Waals surface area contributed by atoms with E-state index >= 15 is 0 Å². The van der Waals surface area contributed by atoms with Crippen LogP contribution in [0.15, 0.2) is 0 Å². The number of carbonyl (C=O) groups excluding carboxylic acids is 1. The monoisotopic (exact) mass is 244 g/mol. The van der Waals surface area contributed by atoms with Crippen molar-refractivity contribution in [3.8, 4) is 0 Å². The van der Waals surface area contributed by atoms with Crippen LogP contribution >= 0.6 is 0 Å². The van der Waals surface area contributed by atoms with E-state index in [9.17, 15) is 4.79 Å². The number of hydrogen-bond donors (Lipinski definition) is 0. The summed E-state index contributed by atoms with van der Waals surface area (Å²) in [7, 11) is 1.58. The van der Waals surface area contributed by atoms with Gasteiger partial charge in [-0.3, -0.25) is 4.79 Å². The summed E-state index contributed by atoms with van der Waals surface area (Å²) in [6.45, 7) is 2.74. The molecule has 17 heavy (non-hydrogen) atoms. The van der Waals surface area contributed by atoms with Crippen LogP contribution < -0.4 is 0 Å². The van der Waals surface area contributed by atoms with E-state index < -0.39 is 0 Å². The van der Waals surface area contributed by atoms with Crippen LogP contribution in [0.25, 0.3) is 0 Å². The number of hydrogen-bond acceptors (Lipinski definition) is 4. The first-order valence-electron chi connectivity index (χ1n) is 6.52. The Kier molecular flexibility index (Phi) is 7.21. The molecule has 4 heteroatoms. The quantitative estimate of drug-likeness (QED) is 0.510. The second kappa shape index (κ2) is 8.48. The molecule has 1 rings (SSSR count). The molecule has 0 spiro atoms. The number of esters is 1. The summed E-state index contributed by atoms with van der Waals surface area (Å²) >= 11 is 0. The zero-order valence-corrected chi connectivity index (χ0v) is 10.9. The van der Waals surface area contributed by atoms with Gasteiger partial charge in [0.15, 0.2) is 6.29 Å². The lowest BCUT2D eigenvalue weighted by Gasteiger charge is -2.21. The number of methoxy groups -OCH3 is 1. The summed E-state index contributed by atoms with van der Waals surface area (Å²) in [5.41, 5.74) is 0. The third-order valence-electron chi connectivity index (χ3n) is 3.20. The van der Waals surface area contributed by atoms with Crippen molar-refractivity contribution in [1.29, 1.82) is 0 Å². The summed E-state index contributed by atoms with van der Waals surface area (Å²) in [6.07, 6.45) is 6.32. The molecule has 0 saturated heterocycles. The lowest BCUT2D eigenvalue weighted by atomic mass is 9.90. The molecule has 0 N–H and O–H groups in total. The van der Waals surface area contributed by atoms with Crippen molar-refractivity contribution in [2.75, 3.05) is 20.3 Å². The molecule has 0 aromatic heterocycles. The molecule has 4 nitrogen and oxygen atoms in total. The van der Waals surface area contributed by atoms with Crippen LogP contribution in [-0.2, 0) is 19.0 Å². The van der Waals surface area contributed by atoms with E-state index in [1.54, 1.807) is 14.0 Å². The first-order chi connectivity index (χ1) is 8.22. The second-order valence-corrected chi connectivity index (χ2v) is 4.61. The topological polar surface area (TPSA) is 44.8 Å². The predicted molar refractivity (Wildman–Crippen MR) is 64.6 cm³/mol. The molecule has 1 fully saturated rings. The normalized spacial score (nSPS) is 18.9. The van der Waals surface area contributed by atoms with Gasteiger partial charge >= 0.3 is 5.97 Å². The molecule has 1 aliphatic rings. The maximum atomic E-state index is 11.4. The zero-order valence-electron chi connectivity index (χ0n) is 10.9. The molecular weight excluding hydrogens is 220 g/mol.